The van der Waals surface area contributed by atoms with Crippen LogP contribution in [0.5, 0.6) is 0 Å². The number of benzene rings is 1. The second-order valence-corrected chi connectivity index (χ2v) is 6.60. The van der Waals surface area contributed by atoms with Crippen molar-refractivity contribution in [3.8, 4) is 0 Å². The van der Waals surface area contributed by atoms with E-state index in [1.807, 2.05) is 24.4 Å². The van der Waals surface area contributed by atoms with Gasteiger partial charge in [0.05, 0.1) is 25.2 Å². The van der Waals surface area contributed by atoms with Crippen LogP contribution in [-0.4, -0.2) is 50.1 Å². The van der Waals surface area contributed by atoms with Crippen LogP contribution in [0.25, 0.3) is 0 Å². The highest BCUT2D eigenvalue weighted by molar-refractivity contribution is 5.79. The molecule has 1 aromatic rings. The first kappa shape index (κ1) is 17.0. The summed E-state index contributed by atoms with van der Waals surface area (Å²) in [4.78, 5) is 12.3. The number of hydrazone groups is 1. The average molecular weight is 330 g/mol. The number of nitrogens with zero attached hydrogens (tertiary/aromatic N) is 2. The SMILES string of the molecule is COC[C@@H]1CCCN1/N=C/[C@@H]1CCOC(=O)[C@H]1Cc1ccccc1. The first-order valence-electron chi connectivity index (χ1n) is 8.78. The Morgan fingerprint density at radius 1 is 1.33 bits per heavy atom. The first-order chi connectivity index (χ1) is 11.8. The summed E-state index contributed by atoms with van der Waals surface area (Å²) < 4.78 is 10.6. The molecule has 0 N–H and O–H groups in total. The van der Waals surface area contributed by atoms with Crippen molar-refractivity contribution in [2.45, 2.75) is 31.7 Å². The molecule has 24 heavy (non-hydrogen) atoms. The van der Waals surface area contributed by atoms with Crippen LogP contribution in [0, 0.1) is 11.8 Å². The van der Waals surface area contributed by atoms with Gasteiger partial charge in [-0.2, -0.15) is 5.10 Å². The van der Waals surface area contributed by atoms with Gasteiger partial charge in [-0.05, 0) is 31.2 Å². The molecule has 2 aliphatic heterocycles. The van der Waals surface area contributed by atoms with Crippen molar-refractivity contribution in [1.29, 1.82) is 0 Å². The van der Waals surface area contributed by atoms with Gasteiger partial charge in [0.2, 0.25) is 0 Å². The molecule has 3 rings (SSSR count). The average Bonchev–Trinajstić information content (AvgIpc) is 3.04. The third-order valence-corrected chi connectivity index (χ3v) is 4.93. The summed E-state index contributed by atoms with van der Waals surface area (Å²) >= 11 is 0. The van der Waals surface area contributed by atoms with Gasteiger partial charge in [-0.15, -0.1) is 0 Å². The van der Waals surface area contributed by atoms with E-state index in [0.717, 1.165) is 31.4 Å². The third kappa shape index (κ3) is 4.15. The Labute approximate surface area is 143 Å². The number of carbonyl (C=O) groups excluding carboxylic acids is 1. The van der Waals surface area contributed by atoms with E-state index in [1.165, 1.54) is 0 Å². The molecule has 130 valence electrons. The summed E-state index contributed by atoms with van der Waals surface area (Å²) in [5.74, 6) is -0.111. The number of carbonyl (C=O) groups is 1. The summed E-state index contributed by atoms with van der Waals surface area (Å²) in [5, 5.41) is 6.81. The topological polar surface area (TPSA) is 51.1 Å². The van der Waals surface area contributed by atoms with Gasteiger partial charge in [0.25, 0.3) is 0 Å². The molecule has 0 aromatic heterocycles. The van der Waals surface area contributed by atoms with Crippen molar-refractivity contribution in [2.24, 2.45) is 16.9 Å². The molecule has 1 aromatic carbocycles. The highest BCUT2D eigenvalue weighted by atomic mass is 16.5. The molecule has 2 heterocycles. The molecule has 0 saturated carbocycles. The lowest BCUT2D eigenvalue weighted by Gasteiger charge is -2.28. The Morgan fingerprint density at radius 2 is 2.17 bits per heavy atom. The van der Waals surface area contributed by atoms with Gasteiger partial charge in [0, 0.05) is 25.8 Å². The standard InChI is InChI=1S/C19H26N2O3/c1-23-14-17-8-5-10-21(17)20-13-16-9-11-24-19(22)18(16)12-15-6-3-2-4-7-15/h2-4,6-7,13,16-18H,5,8-12,14H2,1H3/b20-13+/t16-,17-,18-/m0/s1. The summed E-state index contributed by atoms with van der Waals surface area (Å²) in [5.41, 5.74) is 1.16. The van der Waals surface area contributed by atoms with Gasteiger partial charge in [-0.1, -0.05) is 30.3 Å². The van der Waals surface area contributed by atoms with Crippen LogP contribution < -0.4 is 0 Å². The van der Waals surface area contributed by atoms with E-state index in [1.54, 1.807) is 7.11 Å². The fourth-order valence-corrected chi connectivity index (χ4v) is 3.57. The molecule has 0 amide bonds. The Balaban J connectivity index is 1.67. The van der Waals surface area contributed by atoms with Crippen LogP contribution in [0.15, 0.2) is 35.4 Å². The molecular formula is C19H26N2O3. The molecule has 5 heteroatoms. The summed E-state index contributed by atoms with van der Waals surface area (Å²) in [6.07, 6.45) is 5.78. The van der Waals surface area contributed by atoms with Gasteiger partial charge >= 0.3 is 5.97 Å². The molecule has 2 aliphatic rings. The highest BCUT2D eigenvalue weighted by Crippen LogP contribution is 2.26. The van der Waals surface area contributed by atoms with Crippen LogP contribution in [0.3, 0.4) is 0 Å². The molecular weight excluding hydrogens is 304 g/mol. The fraction of sp³-hybridized carbons (Fsp3) is 0.579. The smallest absolute Gasteiger partial charge is 0.309 e. The van der Waals surface area contributed by atoms with Crippen LogP contribution in [0.2, 0.25) is 0 Å². The highest BCUT2D eigenvalue weighted by Gasteiger charge is 2.33. The van der Waals surface area contributed by atoms with Crippen LogP contribution in [0.4, 0.5) is 0 Å². The molecule has 0 bridgehead atoms. The van der Waals surface area contributed by atoms with E-state index < -0.39 is 0 Å². The Morgan fingerprint density at radius 3 is 2.96 bits per heavy atom. The third-order valence-electron chi connectivity index (χ3n) is 4.93. The first-order valence-corrected chi connectivity index (χ1v) is 8.78. The van der Waals surface area contributed by atoms with Gasteiger partial charge in [-0.3, -0.25) is 9.80 Å². The lowest BCUT2D eigenvalue weighted by Crippen LogP contribution is -2.36. The van der Waals surface area contributed by atoms with E-state index in [-0.39, 0.29) is 17.8 Å². The summed E-state index contributed by atoms with van der Waals surface area (Å²) in [6, 6.07) is 10.5. The zero-order valence-electron chi connectivity index (χ0n) is 14.3. The largest absolute Gasteiger partial charge is 0.465 e. The normalized spacial score (nSPS) is 27.6. The van der Waals surface area contributed by atoms with E-state index in [0.29, 0.717) is 25.7 Å². The second kappa shape index (κ2) is 8.29. The second-order valence-electron chi connectivity index (χ2n) is 6.60. The maximum atomic E-state index is 12.3. The number of hydrogen-bond acceptors (Lipinski definition) is 5. The van der Waals surface area contributed by atoms with Crippen molar-refractivity contribution in [2.75, 3.05) is 26.9 Å². The van der Waals surface area contributed by atoms with Gasteiger partial charge in [0.15, 0.2) is 0 Å². The Kier molecular flexibility index (Phi) is 5.86. The van der Waals surface area contributed by atoms with Crippen LogP contribution in [-0.2, 0) is 20.7 Å². The molecule has 0 radical (unpaired) electrons. The van der Waals surface area contributed by atoms with Crippen molar-refractivity contribution in [3.63, 3.8) is 0 Å². The number of rotatable bonds is 6. The fourth-order valence-electron chi connectivity index (χ4n) is 3.57. The molecule has 3 atom stereocenters. The minimum absolute atomic E-state index is 0.101. The van der Waals surface area contributed by atoms with E-state index in [2.05, 4.69) is 17.1 Å². The lowest BCUT2D eigenvalue weighted by molar-refractivity contribution is -0.154. The minimum atomic E-state index is -0.145. The van der Waals surface area contributed by atoms with Crippen molar-refractivity contribution < 1.29 is 14.3 Å². The molecule has 0 spiro atoms. The number of methoxy groups -OCH3 is 1. The molecule has 2 fully saturated rings. The van der Waals surface area contributed by atoms with Crippen molar-refractivity contribution in [3.05, 3.63) is 35.9 Å². The summed E-state index contributed by atoms with van der Waals surface area (Å²) in [6.45, 7) is 2.16. The predicted molar refractivity (Wildman–Crippen MR) is 92.8 cm³/mol. The maximum absolute atomic E-state index is 12.3. The lowest BCUT2D eigenvalue weighted by atomic mass is 9.84. The number of hydrogen-bond donors (Lipinski definition) is 0. The van der Waals surface area contributed by atoms with Gasteiger partial charge < -0.3 is 9.47 Å². The van der Waals surface area contributed by atoms with Crippen molar-refractivity contribution >= 4 is 12.2 Å². The zero-order valence-corrected chi connectivity index (χ0v) is 14.3. The van der Waals surface area contributed by atoms with Gasteiger partial charge in [0.1, 0.15) is 0 Å². The van der Waals surface area contributed by atoms with E-state index in [4.69, 9.17) is 14.6 Å². The monoisotopic (exact) mass is 330 g/mol. The zero-order chi connectivity index (χ0) is 16.8. The van der Waals surface area contributed by atoms with E-state index >= 15 is 0 Å². The van der Waals surface area contributed by atoms with E-state index in [9.17, 15) is 4.79 Å². The predicted octanol–water partition coefficient (Wildman–Crippen LogP) is 2.51. The Hall–Kier alpha value is -1.88. The maximum Gasteiger partial charge on any atom is 0.309 e. The molecule has 2 saturated heterocycles. The number of ether oxygens (including phenoxy) is 2. The number of cyclic esters (lactones) is 1. The van der Waals surface area contributed by atoms with Crippen LogP contribution in [0.1, 0.15) is 24.8 Å². The number of esters is 1. The van der Waals surface area contributed by atoms with Gasteiger partial charge in [-0.25, -0.2) is 0 Å². The van der Waals surface area contributed by atoms with Crippen LogP contribution >= 0.6 is 0 Å². The quantitative estimate of drug-likeness (QED) is 0.594. The molecule has 0 aliphatic carbocycles. The summed E-state index contributed by atoms with van der Waals surface area (Å²) in [7, 11) is 1.73. The molecule has 5 nitrogen and oxygen atoms in total. The Bertz CT molecular complexity index is 561. The molecule has 0 unspecified atom stereocenters. The van der Waals surface area contributed by atoms with Crippen molar-refractivity contribution in [1.82, 2.24) is 5.01 Å². The minimum Gasteiger partial charge on any atom is -0.465 e.